The third-order valence-electron chi connectivity index (χ3n) is 1.84. The Morgan fingerprint density at radius 1 is 1.38 bits per heavy atom. The number of benzene rings is 1. The summed E-state index contributed by atoms with van der Waals surface area (Å²) in [6.07, 6.45) is -0.906. The van der Waals surface area contributed by atoms with Gasteiger partial charge in [-0.05, 0) is 25.1 Å². The topological polar surface area (TPSA) is 46.2 Å². The van der Waals surface area contributed by atoms with Crippen LogP contribution in [0.4, 0.5) is 8.78 Å². The lowest BCUT2D eigenvalue weighted by Gasteiger charge is -2.15. The van der Waals surface area contributed by atoms with E-state index in [0.29, 0.717) is 0 Å². The summed E-state index contributed by atoms with van der Waals surface area (Å²) in [6, 6.07) is 2.10. The van der Waals surface area contributed by atoms with E-state index < -0.39 is 23.8 Å². The van der Waals surface area contributed by atoms with Crippen molar-refractivity contribution >= 4 is 0 Å². The van der Waals surface area contributed by atoms with Crippen LogP contribution in [0.2, 0.25) is 0 Å². The highest BCUT2D eigenvalue weighted by molar-refractivity contribution is 5.22. The van der Waals surface area contributed by atoms with Gasteiger partial charge >= 0.3 is 0 Å². The molecule has 1 aromatic rings. The Balaban J connectivity index is 3.05. The molecule has 4 heteroatoms. The number of hydrogen-bond acceptors (Lipinski definition) is 2. The van der Waals surface area contributed by atoms with Crippen molar-refractivity contribution in [3.63, 3.8) is 0 Å². The van der Waals surface area contributed by atoms with Crippen molar-refractivity contribution in [2.75, 3.05) is 0 Å². The van der Waals surface area contributed by atoms with E-state index in [9.17, 15) is 8.78 Å². The third kappa shape index (κ3) is 2.23. The molecule has 0 fully saturated rings. The molecule has 0 saturated heterocycles. The average molecular weight is 187 g/mol. The summed E-state index contributed by atoms with van der Waals surface area (Å²) in [5.41, 5.74) is 5.45. The van der Waals surface area contributed by atoms with Gasteiger partial charge in [-0.2, -0.15) is 0 Å². The number of aliphatic hydroxyl groups is 1. The first kappa shape index (κ1) is 10.1. The van der Waals surface area contributed by atoms with Gasteiger partial charge in [-0.15, -0.1) is 0 Å². The molecule has 0 aliphatic heterocycles. The Bertz CT molecular complexity index is 302. The van der Waals surface area contributed by atoms with Crippen LogP contribution in [-0.4, -0.2) is 11.2 Å². The van der Waals surface area contributed by atoms with E-state index in [1.165, 1.54) is 6.92 Å². The third-order valence-corrected chi connectivity index (χ3v) is 1.84. The number of hydrogen-bond donors (Lipinski definition) is 2. The molecule has 0 amide bonds. The van der Waals surface area contributed by atoms with Crippen LogP contribution >= 0.6 is 0 Å². The molecule has 0 aliphatic rings. The van der Waals surface area contributed by atoms with Crippen molar-refractivity contribution in [3.8, 4) is 0 Å². The molecule has 0 aliphatic carbocycles. The molecule has 2 nitrogen and oxygen atoms in total. The van der Waals surface area contributed by atoms with Crippen LogP contribution in [0, 0.1) is 11.6 Å². The fourth-order valence-corrected chi connectivity index (χ4v) is 1.03. The number of nitrogens with two attached hydrogens (primary N) is 1. The summed E-state index contributed by atoms with van der Waals surface area (Å²) in [7, 11) is 0. The van der Waals surface area contributed by atoms with Crippen LogP contribution in [-0.2, 0) is 0 Å². The highest BCUT2D eigenvalue weighted by atomic mass is 19.1. The smallest absolute Gasteiger partial charge is 0.128 e. The molecule has 0 unspecified atom stereocenters. The predicted molar refractivity (Wildman–Crippen MR) is 45.0 cm³/mol. The Labute approximate surface area is 75.0 Å². The van der Waals surface area contributed by atoms with Gasteiger partial charge in [-0.1, -0.05) is 0 Å². The lowest BCUT2D eigenvalue weighted by atomic mass is 10.0. The highest BCUT2D eigenvalue weighted by Crippen LogP contribution is 2.18. The van der Waals surface area contributed by atoms with Crippen LogP contribution in [0.1, 0.15) is 18.5 Å². The standard InChI is InChI=1S/C9H11F2NO/c1-5(13)9(12)7-4-6(10)2-3-8(7)11/h2-5,9,13H,12H2,1H3/t5-,9+/m1/s1. The second-order valence-corrected chi connectivity index (χ2v) is 2.93. The van der Waals surface area contributed by atoms with Gasteiger partial charge in [0.2, 0.25) is 0 Å². The van der Waals surface area contributed by atoms with Gasteiger partial charge in [0.05, 0.1) is 12.1 Å². The van der Waals surface area contributed by atoms with E-state index in [1.807, 2.05) is 0 Å². The van der Waals surface area contributed by atoms with E-state index in [-0.39, 0.29) is 5.56 Å². The maximum Gasteiger partial charge on any atom is 0.128 e. The first-order chi connectivity index (χ1) is 6.02. The molecule has 1 rings (SSSR count). The first-order valence-electron chi connectivity index (χ1n) is 3.91. The highest BCUT2D eigenvalue weighted by Gasteiger charge is 2.16. The molecular weight excluding hydrogens is 176 g/mol. The van der Waals surface area contributed by atoms with E-state index >= 15 is 0 Å². The zero-order chi connectivity index (χ0) is 10.0. The molecular formula is C9H11F2NO. The van der Waals surface area contributed by atoms with Crippen molar-refractivity contribution in [1.82, 2.24) is 0 Å². The minimum absolute atomic E-state index is 0.00463. The van der Waals surface area contributed by atoms with Gasteiger partial charge < -0.3 is 10.8 Å². The van der Waals surface area contributed by atoms with E-state index in [1.54, 1.807) is 0 Å². The average Bonchev–Trinajstić information content (AvgIpc) is 2.08. The number of halogens is 2. The lowest BCUT2D eigenvalue weighted by molar-refractivity contribution is 0.162. The fourth-order valence-electron chi connectivity index (χ4n) is 1.03. The minimum Gasteiger partial charge on any atom is -0.391 e. The van der Waals surface area contributed by atoms with E-state index in [4.69, 9.17) is 10.8 Å². The molecule has 72 valence electrons. The largest absolute Gasteiger partial charge is 0.391 e. The molecule has 1 aromatic carbocycles. The van der Waals surface area contributed by atoms with Crippen molar-refractivity contribution < 1.29 is 13.9 Å². The molecule has 0 heterocycles. The van der Waals surface area contributed by atoms with Gasteiger partial charge in [0, 0.05) is 5.56 Å². The molecule has 0 bridgehead atoms. The predicted octanol–water partition coefficient (Wildman–Crippen LogP) is 1.35. The van der Waals surface area contributed by atoms with E-state index in [2.05, 4.69) is 0 Å². The van der Waals surface area contributed by atoms with Gasteiger partial charge in [-0.3, -0.25) is 0 Å². The van der Waals surface area contributed by atoms with Crippen LogP contribution in [0.25, 0.3) is 0 Å². The lowest BCUT2D eigenvalue weighted by Crippen LogP contribution is -2.24. The normalized spacial score (nSPS) is 15.5. The second kappa shape index (κ2) is 3.81. The summed E-state index contributed by atoms with van der Waals surface area (Å²) < 4.78 is 25.7. The van der Waals surface area contributed by atoms with Gasteiger partial charge in [0.15, 0.2) is 0 Å². The molecule has 0 spiro atoms. The second-order valence-electron chi connectivity index (χ2n) is 2.93. The van der Waals surface area contributed by atoms with Gasteiger partial charge in [0.25, 0.3) is 0 Å². The van der Waals surface area contributed by atoms with Crippen LogP contribution in [0.5, 0.6) is 0 Å². The molecule has 2 atom stereocenters. The minimum atomic E-state index is -0.906. The number of aliphatic hydroxyl groups excluding tert-OH is 1. The van der Waals surface area contributed by atoms with Crippen LogP contribution in [0.3, 0.4) is 0 Å². The fraction of sp³-hybridized carbons (Fsp3) is 0.333. The maximum absolute atomic E-state index is 13.0. The van der Waals surface area contributed by atoms with Gasteiger partial charge in [0.1, 0.15) is 11.6 Å². The molecule has 0 saturated carbocycles. The van der Waals surface area contributed by atoms with Crippen molar-refractivity contribution in [2.45, 2.75) is 19.1 Å². The zero-order valence-corrected chi connectivity index (χ0v) is 7.17. The Morgan fingerprint density at radius 3 is 2.54 bits per heavy atom. The molecule has 0 radical (unpaired) electrons. The maximum atomic E-state index is 13.0. The van der Waals surface area contributed by atoms with Crippen LogP contribution < -0.4 is 5.73 Å². The molecule has 3 N–H and O–H groups in total. The first-order valence-corrected chi connectivity index (χ1v) is 3.91. The summed E-state index contributed by atoms with van der Waals surface area (Å²) in [4.78, 5) is 0. The van der Waals surface area contributed by atoms with E-state index in [0.717, 1.165) is 18.2 Å². The number of rotatable bonds is 2. The zero-order valence-electron chi connectivity index (χ0n) is 7.17. The van der Waals surface area contributed by atoms with Crippen molar-refractivity contribution in [1.29, 1.82) is 0 Å². The summed E-state index contributed by atoms with van der Waals surface area (Å²) in [5.74, 6) is -1.16. The van der Waals surface area contributed by atoms with Crippen LogP contribution in [0.15, 0.2) is 18.2 Å². The molecule has 0 aromatic heterocycles. The van der Waals surface area contributed by atoms with Crippen molar-refractivity contribution in [2.24, 2.45) is 5.73 Å². The summed E-state index contributed by atoms with van der Waals surface area (Å²) in [5, 5.41) is 9.08. The van der Waals surface area contributed by atoms with Crippen molar-refractivity contribution in [3.05, 3.63) is 35.4 Å². The monoisotopic (exact) mass is 187 g/mol. The Hall–Kier alpha value is -1.00. The Kier molecular flexibility index (Phi) is 2.95. The quantitative estimate of drug-likeness (QED) is 0.734. The van der Waals surface area contributed by atoms with Gasteiger partial charge in [-0.25, -0.2) is 8.78 Å². The SMILES string of the molecule is C[C@@H](O)[C@H](N)c1cc(F)ccc1F. The summed E-state index contributed by atoms with van der Waals surface area (Å²) in [6.45, 7) is 1.43. The summed E-state index contributed by atoms with van der Waals surface area (Å²) >= 11 is 0. The molecule has 13 heavy (non-hydrogen) atoms. The Morgan fingerprint density at radius 2 is 2.00 bits per heavy atom.